The summed E-state index contributed by atoms with van der Waals surface area (Å²) < 4.78 is 1.70. The van der Waals surface area contributed by atoms with Crippen LogP contribution in [0.25, 0.3) is 5.69 Å². The minimum atomic E-state index is -0.739. The Kier molecular flexibility index (Phi) is 4.64. The van der Waals surface area contributed by atoms with Gasteiger partial charge in [0, 0.05) is 17.8 Å². The summed E-state index contributed by atoms with van der Waals surface area (Å²) in [6.45, 7) is 1.86. The van der Waals surface area contributed by atoms with Crippen molar-refractivity contribution in [3.8, 4) is 5.69 Å². The van der Waals surface area contributed by atoms with Gasteiger partial charge < -0.3 is 10.4 Å². The smallest absolute Gasteiger partial charge is 0.306 e. The molecule has 1 aromatic heterocycles. The van der Waals surface area contributed by atoms with E-state index < -0.39 is 5.97 Å². The zero-order chi connectivity index (χ0) is 17.1. The first-order chi connectivity index (χ1) is 11.5. The third-order valence-corrected chi connectivity index (χ3v) is 4.54. The highest BCUT2D eigenvalue weighted by Crippen LogP contribution is 2.24. The van der Waals surface area contributed by atoms with Crippen LogP contribution < -0.4 is 5.32 Å². The van der Waals surface area contributed by atoms with E-state index in [-0.39, 0.29) is 17.9 Å². The average Bonchev–Trinajstić information content (AvgIpc) is 2.98. The molecule has 6 heteroatoms. The van der Waals surface area contributed by atoms with Crippen LogP contribution in [0.1, 0.15) is 41.7 Å². The van der Waals surface area contributed by atoms with Gasteiger partial charge in [0.1, 0.15) is 0 Å². The highest BCUT2D eigenvalue weighted by atomic mass is 16.4. The molecular weight excluding hydrogens is 306 g/mol. The predicted molar refractivity (Wildman–Crippen MR) is 89.1 cm³/mol. The molecule has 0 radical (unpaired) electrons. The van der Waals surface area contributed by atoms with E-state index in [0.717, 1.165) is 11.3 Å². The Morgan fingerprint density at radius 3 is 2.46 bits per heavy atom. The van der Waals surface area contributed by atoms with Gasteiger partial charge in [-0.3, -0.25) is 9.59 Å². The van der Waals surface area contributed by atoms with Gasteiger partial charge in [0.15, 0.2) is 5.69 Å². The number of benzene rings is 1. The molecule has 1 aliphatic rings. The number of aryl methyl sites for hydroxylation is 1. The summed E-state index contributed by atoms with van der Waals surface area (Å²) in [4.78, 5) is 23.5. The number of carboxylic acid groups (broad SMARTS) is 1. The second-order valence-electron chi connectivity index (χ2n) is 6.30. The lowest BCUT2D eigenvalue weighted by molar-refractivity contribution is -0.142. The van der Waals surface area contributed by atoms with E-state index in [9.17, 15) is 9.59 Å². The molecule has 1 aromatic carbocycles. The summed E-state index contributed by atoms with van der Waals surface area (Å²) in [7, 11) is 0. The number of carbonyl (C=O) groups is 2. The Labute approximate surface area is 140 Å². The molecule has 0 unspecified atom stereocenters. The molecule has 126 valence electrons. The third kappa shape index (κ3) is 3.48. The van der Waals surface area contributed by atoms with Gasteiger partial charge in [-0.1, -0.05) is 18.2 Å². The van der Waals surface area contributed by atoms with Gasteiger partial charge >= 0.3 is 5.97 Å². The Bertz CT molecular complexity index is 731. The van der Waals surface area contributed by atoms with Crippen LogP contribution in [0.5, 0.6) is 0 Å². The molecule has 0 atom stereocenters. The van der Waals surface area contributed by atoms with E-state index >= 15 is 0 Å². The Balaban J connectivity index is 1.66. The normalized spacial score (nSPS) is 20.5. The van der Waals surface area contributed by atoms with E-state index in [0.29, 0.717) is 31.4 Å². The molecular formula is C18H21N3O3. The molecule has 3 rings (SSSR count). The highest BCUT2D eigenvalue weighted by Gasteiger charge is 2.27. The molecule has 0 aliphatic heterocycles. The van der Waals surface area contributed by atoms with Gasteiger partial charge in [0.2, 0.25) is 0 Å². The number of para-hydroxylation sites is 1. The highest BCUT2D eigenvalue weighted by molar-refractivity contribution is 5.93. The first-order valence-corrected chi connectivity index (χ1v) is 8.20. The van der Waals surface area contributed by atoms with Gasteiger partial charge in [-0.2, -0.15) is 5.10 Å². The second-order valence-corrected chi connectivity index (χ2v) is 6.30. The first kappa shape index (κ1) is 16.2. The van der Waals surface area contributed by atoms with E-state index in [1.165, 1.54) is 0 Å². The van der Waals surface area contributed by atoms with Crippen molar-refractivity contribution in [2.45, 2.75) is 38.6 Å². The maximum absolute atomic E-state index is 12.5. The van der Waals surface area contributed by atoms with Crippen molar-refractivity contribution in [2.75, 3.05) is 0 Å². The molecule has 1 saturated carbocycles. The van der Waals surface area contributed by atoms with E-state index in [1.54, 1.807) is 4.68 Å². The zero-order valence-corrected chi connectivity index (χ0v) is 13.6. The van der Waals surface area contributed by atoms with E-state index in [4.69, 9.17) is 5.11 Å². The third-order valence-electron chi connectivity index (χ3n) is 4.54. The summed E-state index contributed by atoms with van der Waals surface area (Å²) >= 11 is 0. The number of hydrogen-bond donors (Lipinski definition) is 2. The SMILES string of the molecule is Cc1cn(-c2ccccc2)nc1C(=O)NC1CCC(C(=O)O)CC1. The number of rotatable bonds is 4. The number of nitrogens with zero attached hydrogens (tertiary/aromatic N) is 2. The molecule has 1 fully saturated rings. The van der Waals surface area contributed by atoms with Crippen molar-refractivity contribution < 1.29 is 14.7 Å². The summed E-state index contributed by atoms with van der Waals surface area (Å²) in [5, 5.41) is 16.4. The fourth-order valence-corrected chi connectivity index (χ4v) is 3.14. The number of aliphatic carboxylic acids is 1. The van der Waals surface area contributed by atoms with Gasteiger partial charge in [-0.15, -0.1) is 0 Å². The van der Waals surface area contributed by atoms with Crippen molar-refractivity contribution in [1.29, 1.82) is 0 Å². The maximum atomic E-state index is 12.5. The Morgan fingerprint density at radius 1 is 1.17 bits per heavy atom. The van der Waals surface area contributed by atoms with Crippen molar-refractivity contribution in [3.05, 3.63) is 47.8 Å². The van der Waals surface area contributed by atoms with Crippen LogP contribution in [-0.4, -0.2) is 32.8 Å². The first-order valence-electron chi connectivity index (χ1n) is 8.20. The monoisotopic (exact) mass is 327 g/mol. The molecule has 6 nitrogen and oxygen atoms in total. The van der Waals surface area contributed by atoms with Crippen LogP contribution in [0.15, 0.2) is 36.5 Å². The fourth-order valence-electron chi connectivity index (χ4n) is 3.14. The fraction of sp³-hybridized carbons (Fsp3) is 0.389. The van der Waals surface area contributed by atoms with Gasteiger partial charge in [-0.25, -0.2) is 4.68 Å². The quantitative estimate of drug-likeness (QED) is 0.904. The molecule has 1 heterocycles. The number of nitrogens with one attached hydrogen (secondary N) is 1. The largest absolute Gasteiger partial charge is 0.481 e. The van der Waals surface area contributed by atoms with Crippen LogP contribution in [0.2, 0.25) is 0 Å². The predicted octanol–water partition coefficient (Wildman–Crippen LogP) is 2.55. The number of aromatic nitrogens is 2. The maximum Gasteiger partial charge on any atom is 0.306 e. The molecule has 1 aliphatic carbocycles. The van der Waals surface area contributed by atoms with Crippen molar-refractivity contribution >= 4 is 11.9 Å². The van der Waals surface area contributed by atoms with Crippen molar-refractivity contribution in [3.63, 3.8) is 0 Å². The molecule has 24 heavy (non-hydrogen) atoms. The van der Waals surface area contributed by atoms with Crippen LogP contribution in [0, 0.1) is 12.8 Å². The summed E-state index contributed by atoms with van der Waals surface area (Å²) in [6, 6.07) is 9.66. The standard InChI is InChI=1S/C18H21N3O3/c1-12-11-21(15-5-3-2-4-6-15)20-16(12)17(22)19-14-9-7-13(8-10-14)18(23)24/h2-6,11,13-14H,7-10H2,1H3,(H,19,22)(H,23,24). The van der Waals surface area contributed by atoms with Crippen LogP contribution in [-0.2, 0) is 4.79 Å². The van der Waals surface area contributed by atoms with E-state index in [1.807, 2.05) is 43.5 Å². The molecule has 1 amide bonds. The van der Waals surface area contributed by atoms with Gasteiger partial charge in [0.05, 0.1) is 11.6 Å². The Hall–Kier alpha value is -2.63. The van der Waals surface area contributed by atoms with Crippen LogP contribution in [0.4, 0.5) is 0 Å². The van der Waals surface area contributed by atoms with Gasteiger partial charge in [-0.05, 0) is 44.7 Å². The van der Waals surface area contributed by atoms with Gasteiger partial charge in [0.25, 0.3) is 5.91 Å². The minimum absolute atomic E-state index is 0.0226. The number of carbonyl (C=O) groups excluding carboxylic acids is 1. The van der Waals surface area contributed by atoms with Crippen LogP contribution >= 0.6 is 0 Å². The topological polar surface area (TPSA) is 84.2 Å². The summed E-state index contributed by atoms with van der Waals surface area (Å²) in [5.41, 5.74) is 2.14. The molecule has 2 N–H and O–H groups in total. The molecule has 0 spiro atoms. The lowest BCUT2D eigenvalue weighted by atomic mass is 9.86. The summed E-state index contributed by atoms with van der Waals surface area (Å²) in [5.74, 6) is -1.21. The molecule has 0 saturated heterocycles. The summed E-state index contributed by atoms with van der Waals surface area (Å²) in [6.07, 6.45) is 4.45. The number of carboxylic acids is 1. The number of amides is 1. The second kappa shape index (κ2) is 6.86. The lowest BCUT2D eigenvalue weighted by Crippen LogP contribution is -2.39. The average molecular weight is 327 g/mol. The molecule has 0 bridgehead atoms. The zero-order valence-electron chi connectivity index (χ0n) is 13.6. The van der Waals surface area contributed by atoms with Crippen molar-refractivity contribution in [2.24, 2.45) is 5.92 Å². The number of hydrogen-bond acceptors (Lipinski definition) is 3. The van der Waals surface area contributed by atoms with E-state index in [2.05, 4.69) is 10.4 Å². The van der Waals surface area contributed by atoms with Crippen LogP contribution in [0.3, 0.4) is 0 Å². The lowest BCUT2D eigenvalue weighted by Gasteiger charge is -2.26. The minimum Gasteiger partial charge on any atom is -0.481 e. The molecule has 2 aromatic rings. The van der Waals surface area contributed by atoms with Crippen molar-refractivity contribution in [1.82, 2.24) is 15.1 Å². The Morgan fingerprint density at radius 2 is 1.83 bits per heavy atom.